The van der Waals surface area contributed by atoms with Gasteiger partial charge in [0.15, 0.2) is 5.96 Å². The molecule has 2 N–H and O–H groups in total. The SMILES string of the molecule is CCNC(=NCc1ncc(C(C)(C)C)o1)N1CCC(c2ncn[nH]2)CC1. The summed E-state index contributed by atoms with van der Waals surface area (Å²) in [4.78, 5) is 15.7. The van der Waals surface area contributed by atoms with Crippen molar-refractivity contribution in [3.63, 3.8) is 0 Å². The van der Waals surface area contributed by atoms with Gasteiger partial charge >= 0.3 is 0 Å². The predicted octanol–water partition coefficient (Wildman–Crippen LogP) is 2.44. The lowest BCUT2D eigenvalue weighted by atomic mass is 9.94. The maximum absolute atomic E-state index is 5.85. The van der Waals surface area contributed by atoms with Gasteiger partial charge in [0.2, 0.25) is 5.89 Å². The van der Waals surface area contributed by atoms with E-state index in [2.05, 4.69) is 58.1 Å². The van der Waals surface area contributed by atoms with Crippen LogP contribution in [0.1, 0.15) is 63.9 Å². The van der Waals surface area contributed by atoms with Gasteiger partial charge in [-0.25, -0.2) is 15.0 Å². The number of likely N-dealkylation sites (tertiary alicyclic amines) is 1. The van der Waals surface area contributed by atoms with Crippen molar-refractivity contribution in [3.8, 4) is 0 Å². The molecular weight excluding hydrogens is 330 g/mol. The van der Waals surface area contributed by atoms with Crippen LogP contribution in [0.2, 0.25) is 0 Å². The van der Waals surface area contributed by atoms with Crippen LogP contribution in [0, 0.1) is 0 Å². The fraction of sp³-hybridized carbons (Fsp3) is 0.667. The highest BCUT2D eigenvalue weighted by Crippen LogP contribution is 2.25. The minimum Gasteiger partial charge on any atom is -0.443 e. The normalized spacial score (nSPS) is 16.9. The monoisotopic (exact) mass is 359 g/mol. The number of nitrogens with one attached hydrogen (secondary N) is 2. The average molecular weight is 359 g/mol. The maximum atomic E-state index is 5.85. The molecule has 0 aromatic carbocycles. The Labute approximate surface area is 154 Å². The van der Waals surface area contributed by atoms with Gasteiger partial charge in [-0.15, -0.1) is 0 Å². The molecule has 0 aliphatic carbocycles. The second kappa shape index (κ2) is 7.88. The number of aliphatic imine (C=N–C) groups is 1. The fourth-order valence-corrected chi connectivity index (χ4v) is 3.07. The first kappa shape index (κ1) is 18.4. The van der Waals surface area contributed by atoms with Gasteiger partial charge in [0.25, 0.3) is 0 Å². The highest BCUT2D eigenvalue weighted by Gasteiger charge is 2.24. The summed E-state index contributed by atoms with van der Waals surface area (Å²) in [5.74, 6) is 3.89. The van der Waals surface area contributed by atoms with Gasteiger partial charge in [0.05, 0.1) is 6.20 Å². The Kier molecular flexibility index (Phi) is 5.58. The summed E-state index contributed by atoms with van der Waals surface area (Å²) in [7, 11) is 0. The van der Waals surface area contributed by atoms with E-state index in [0.717, 1.165) is 50.0 Å². The van der Waals surface area contributed by atoms with Crippen LogP contribution in [0.5, 0.6) is 0 Å². The standard InChI is InChI=1S/C18H29N7O/c1-5-19-17(21-11-15-20-10-14(26-15)18(2,3)4)25-8-6-13(7-9-25)16-22-12-23-24-16/h10,12-13H,5-9,11H2,1-4H3,(H,19,21)(H,22,23,24). The molecule has 0 amide bonds. The third-order valence-electron chi connectivity index (χ3n) is 4.61. The molecule has 3 heterocycles. The highest BCUT2D eigenvalue weighted by atomic mass is 16.4. The van der Waals surface area contributed by atoms with Crippen molar-refractivity contribution in [2.75, 3.05) is 19.6 Å². The number of nitrogens with zero attached hydrogens (tertiary/aromatic N) is 5. The molecule has 3 rings (SSSR count). The molecule has 142 valence electrons. The van der Waals surface area contributed by atoms with Gasteiger partial charge in [0.1, 0.15) is 24.5 Å². The number of hydrogen-bond donors (Lipinski definition) is 2. The van der Waals surface area contributed by atoms with Gasteiger partial charge in [-0.2, -0.15) is 5.10 Å². The zero-order valence-corrected chi connectivity index (χ0v) is 16.1. The van der Waals surface area contributed by atoms with E-state index in [1.54, 1.807) is 12.5 Å². The van der Waals surface area contributed by atoms with Crippen molar-refractivity contribution in [1.82, 2.24) is 30.4 Å². The summed E-state index contributed by atoms with van der Waals surface area (Å²) in [5.41, 5.74) is -0.0396. The Balaban J connectivity index is 1.62. The molecule has 1 fully saturated rings. The van der Waals surface area contributed by atoms with Crippen LogP contribution in [0.15, 0.2) is 21.9 Å². The molecule has 0 bridgehead atoms. The van der Waals surface area contributed by atoms with E-state index in [1.165, 1.54) is 0 Å². The summed E-state index contributed by atoms with van der Waals surface area (Å²) in [6.07, 6.45) is 5.45. The molecule has 26 heavy (non-hydrogen) atoms. The molecule has 1 saturated heterocycles. The first-order valence-electron chi connectivity index (χ1n) is 9.31. The lowest BCUT2D eigenvalue weighted by Gasteiger charge is -2.33. The van der Waals surface area contributed by atoms with Crippen molar-refractivity contribution >= 4 is 5.96 Å². The summed E-state index contributed by atoms with van der Waals surface area (Å²) in [5, 5.41) is 10.3. The van der Waals surface area contributed by atoms with E-state index in [-0.39, 0.29) is 5.41 Å². The number of aromatic amines is 1. The van der Waals surface area contributed by atoms with Crippen LogP contribution in [0.3, 0.4) is 0 Å². The second-order valence-electron chi connectivity index (χ2n) is 7.67. The van der Waals surface area contributed by atoms with Crippen LogP contribution in [-0.2, 0) is 12.0 Å². The Morgan fingerprint density at radius 3 is 2.69 bits per heavy atom. The molecule has 2 aromatic heterocycles. The number of guanidine groups is 1. The van der Waals surface area contributed by atoms with Crippen LogP contribution in [0.25, 0.3) is 0 Å². The Bertz CT molecular complexity index is 706. The van der Waals surface area contributed by atoms with E-state index >= 15 is 0 Å². The van der Waals surface area contributed by atoms with Gasteiger partial charge in [0, 0.05) is 31.0 Å². The van der Waals surface area contributed by atoms with E-state index in [1.807, 2.05) is 0 Å². The highest BCUT2D eigenvalue weighted by molar-refractivity contribution is 5.80. The zero-order chi connectivity index (χ0) is 18.6. The largest absolute Gasteiger partial charge is 0.443 e. The minimum absolute atomic E-state index is 0.0396. The molecule has 1 aliphatic rings. The Morgan fingerprint density at radius 2 is 2.12 bits per heavy atom. The molecular formula is C18H29N7O. The fourth-order valence-electron chi connectivity index (χ4n) is 3.07. The number of H-pyrrole nitrogens is 1. The second-order valence-corrected chi connectivity index (χ2v) is 7.67. The number of oxazole rings is 1. The molecule has 0 spiro atoms. The lowest BCUT2D eigenvalue weighted by Crippen LogP contribution is -2.45. The molecule has 0 unspecified atom stereocenters. The van der Waals surface area contributed by atoms with Gasteiger partial charge in [-0.1, -0.05) is 20.8 Å². The van der Waals surface area contributed by atoms with Crippen LogP contribution in [0.4, 0.5) is 0 Å². The number of aromatic nitrogens is 4. The number of piperidine rings is 1. The van der Waals surface area contributed by atoms with Crippen molar-refractivity contribution in [1.29, 1.82) is 0 Å². The van der Waals surface area contributed by atoms with Gasteiger partial charge in [-0.3, -0.25) is 5.10 Å². The van der Waals surface area contributed by atoms with E-state index < -0.39 is 0 Å². The summed E-state index contributed by atoms with van der Waals surface area (Å²) in [6, 6.07) is 0. The molecule has 8 nitrogen and oxygen atoms in total. The van der Waals surface area contributed by atoms with E-state index in [0.29, 0.717) is 18.4 Å². The Hall–Kier alpha value is -2.38. The Morgan fingerprint density at radius 1 is 1.35 bits per heavy atom. The van der Waals surface area contributed by atoms with Crippen molar-refractivity contribution in [3.05, 3.63) is 30.0 Å². The van der Waals surface area contributed by atoms with Crippen LogP contribution >= 0.6 is 0 Å². The molecule has 0 radical (unpaired) electrons. The topological polar surface area (TPSA) is 95.2 Å². The zero-order valence-electron chi connectivity index (χ0n) is 16.1. The van der Waals surface area contributed by atoms with Crippen molar-refractivity contribution in [2.24, 2.45) is 4.99 Å². The molecule has 2 aromatic rings. The van der Waals surface area contributed by atoms with E-state index in [4.69, 9.17) is 9.41 Å². The smallest absolute Gasteiger partial charge is 0.216 e. The quantitative estimate of drug-likeness (QED) is 0.643. The maximum Gasteiger partial charge on any atom is 0.216 e. The van der Waals surface area contributed by atoms with Gasteiger partial charge in [-0.05, 0) is 19.8 Å². The number of hydrogen-bond acceptors (Lipinski definition) is 5. The first-order chi connectivity index (χ1) is 12.5. The average Bonchev–Trinajstić information content (AvgIpc) is 3.30. The van der Waals surface area contributed by atoms with E-state index in [9.17, 15) is 0 Å². The summed E-state index contributed by atoms with van der Waals surface area (Å²) >= 11 is 0. The minimum atomic E-state index is -0.0396. The molecule has 0 saturated carbocycles. The molecule has 0 atom stereocenters. The van der Waals surface area contributed by atoms with Gasteiger partial charge < -0.3 is 14.6 Å². The van der Waals surface area contributed by atoms with Crippen LogP contribution < -0.4 is 5.32 Å². The first-order valence-corrected chi connectivity index (χ1v) is 9.31. The van der Waals surface area contributed by atoms with Crippen molar-refractivity contribution in [2.45, 2.75) is 58.4 Å². The van der Waals surface area contributed by atoms with Crippen molar-refractivity contribution < 1.29 is 4.42 Å². The molecule has 8 heteroatoms. The van der Waals surface area contributed by atoms with Crippen LogP contribution in [-0.4, -0.2) is 50.7 Å². The summed E-state index contributed by atoms with van der Waals surface area (Å²) in [6.45, 7) is 11.6. The number of rotatable bonds is 4. The predicted molar refractivity (Wildman–Crippen MR) is 99.9 cm³/mol. The molecule has 1 aliphatic heterocycles. The summed E-state index contributed by atoms with van der Waals surface area (Å²) < 4.78 is 5.85. The third-order valence-corrected chi connectivity index (χ3v) is 4.61. The third kappa shape index (κ3) is 4.42. The lowest BCUT2D eigenvalue weighted by molar-refractivity contribution is 0.298.